The van der Waals surface area contributed by atoms with Crippen LogP contribution in [0, 0.1) is 0 Å². The van der Waals surface area contributed by atoms with Gasteiger partial charge in [0, 0.05) is 66.1 Å². The molecule has 8 rings (SSSR count). The van der Waals surface area contributed by atoms with Crippen LogP contribution in [0.25, 0.3) is 22.4 Å². The predicted octanol–water partition coefficient (Wildman–Crippen LogP) is 7.79. The average Bonchev–Trinajstić information content (AvgIpc) is 3.67. The van der Waals surface area contributed by atoms with Crippen LogP contribution in [0.15, 0.2) is 127 Å². The van der Waals surface area contributed by atoms with Gasteiger partial charge in [-0.25, -0.2) is 4.98 Å². The number of imidazole rings is 1. The Balaban J connectivity index is 0.946. The summed E-state index contributed by atoms with van der Waals surface area (Å²) in [5.41, 5.74) is 9.00. The van der Waals surface area contributed by atoms with Crippen molar-refractivity contribution in [3.63, 3.8) is 0 Å². The van der Waals surface area contributed by atoms with Crippen LogP contribution in [0.3, 0.4) is 0 Å². The molecule has 0 spiro atoms. The van der Waals surface area contributed by atoms with E-state index in [2.05, 4.69) is 10.3 Å². The zero-order chi connectivity index (χ0) is 34.0. The van der Waals surface area contributed by atoms with Crippen molar-refractivity contribution >= 4 is 29.1 Å². The Morgan fingerprint density at radius 3 is 2.26 bits per heavy atom. The van der Waals surface area contributed by atoms with E-state index in [0.29, 0.717) is 42.9 Å². The van der Waals surface area contributed by atoms with Crippen LogP contribution < -0.4 is 10.2 Å². The average molecular weight is 658 g/mol. The molecule has 0 radical (unpaired) electrons. The lowest BCUT2D eigenvalue weighted by Crippen LogP contribution is -2.32. The first-order chi connectivity index (χ1) is 24.5. The number of hydrogen-bond donors (Lipinski definition) is 2. The maximum absolute atomic E-state index is 14.0. The van der Waals surface area contributed by atoms with Crippen LogP contribution in [0.2, 0.25) is 0 Å². The van der Waals surface area contributed by atoms with Gasteiger partial charge in [-0.3, -0.25) is 14.4 Å². The van der Waals surface area contributed by atoms with Crippen molar-refractivity contribution in [3.8, 4) is 22.4 Å². The number of nitrogens with zero attached hydrogens (tertiary/aromatic N) is 3. The maximum Gasteiger partial charge on any atom is 0.258 e. The van der Waals surface area contributed by atoms with E-state index in [9.17, 15) is 14.4 Å². The number of hydrogen-bond acceptors (Lipinski definition) is 4. The highest BCUT2D eigenvalue weighted by atomic mass is 16.2. The Labute approximate surface area is 290 Å². The fourth-order valence-corrected chi connectivity index (χ4v) is 6.98. The largest absolute Gasteiger partial charge is 0.345 e. The van der Waals surface area contributed by atoms with Gasteiger partial charge in [0.25, 0.3) is 17.7 Å². The Kier molecular flexibility index (Phi) is 8.26. The zero-order valence-corrected chi connectivity index (χ0v) is 27.4. The highest BCUT2D eigenvalue weighted by Gasteiger charge is 2.28. The molecule has 3 heterocycles. The SMILES string of the molecule is O=C(Nc1ccc(C(=O)N2CCc3[nH]c(CCCN4Cc5ccccc5C4=O)nc3-c3ccccc32)cc1)c1ccccc1-c1ccccc1. The summed E-state index contributed by atoms with van der Waals surface area (Å²) in [6.45, 7) is 1.81. The van der Waals surface area contributed by atoms with Gasteiger partial charge >= 0.3 is 0 Å². The molecule has 0 aliphatic carbocycles. The fraction of sp³-hybridized carbons (Fsp3) is 0.143. The van der Waals surface area contributed by atoms with E-state index < -0.39 is 0 Å². The third kappa shape index (κ3) is 5.96. The summed E-state index contributed by atoms with van der Waals surface area (Å²) in [4.78, 5) is 52.3. The lowest BCUT2D eigenvalue weighted by atomic mass is 9.99. The highest BCUT2D eigenvalue weighted by Crippen LogP contribution is 2.36. The van der Waals surface area contributed by atoms with Gasteiger partial charge in [0.15, 0.2) is 0 Å². The number of nitrogens with one attached hydrogen (secondary N) is 2. The Morgan fingerprint density at radius 1 is 0.760 bits per heavy atom. The summed E-state index contributed by atoms with van der Waals surface area (Å²) in [5.74, 6) is 0.649. The molecule has 0 bridgehead atoms. The molecule has 0 fully saturated rings. The third-order valence-corrected chi connectivity index (χ3v) is 9.49. The van der Waals surface area contributed by atoms with Crippen molar-refractivity contribution in [2.24, 2.45) is 0 Å². The normalized spacial score (nSPS) is 13.3. The second-order valence-corrected chi connectivity index (χ2v) is 12.7. The molecule has 0 saturated heterocycles. The summed E-state index contributed by atoms with van der Waals surface area (Å²) in [5, 5.41) is 2.99. The van der Waals surface area contributed by atoms with Gasteiger partial charge < -0.3 is 20.1 Å². The van der Waals surface area contributed by atoms with E-state index in [-0.39, 0.29) is 17.7 Å². The van der Waals surface area contributed by atoms with Crippen LogP contribution >= 0.6 is 0 Å². The first-order valence-corrected chi connectivity index (χ1v) is 17.0. The number of fused-ring (bicyclic) bond motifs is 4. The highest BCUT2D eigenvalue weighted by molar-refractivity contribution is 6.10. The summed E-state index contributed by atoms with van der Waals surface area (Å²) in [6.07, 6.45) is 2.14. The van der Waals surface area contributed by atoms with E-state index in [1.165, 1.54) is 0 Å². The molecule has 5 aromatic carbocycles. The van der Waals surface area contributed by atoms with Crippen LogP contribution in [-0.2, 0) is 19.4 Å². The molecule has 246 valence electrons. The molecule has 0 saturated carbocycles. The lowest BCUT2D eigenvalue weighted by Gasteiger charge is -2.23. The van der Waals surface area contributed by atoms with Gasteiger partial charge in [-0.1, -0.05) is 84.9 Å². The van der Waals surface area contributed by atoms with Crippen LogP contribution in [0.5, 0.6) is 0 Å². The van der Waals surface area contributed by atoms with Gasteiger partial charge in [-0.15, -0.1) is 0 Å². The first kappa shape index (κ1) is 31.0. The number of rotatable bonds is 8. The number of aromatic nitrogens is 2. The molecule has 2 aliphatic heterocycles. The van der Waals surface area contributed by atoms with E-state index in [4.69, 9.17) is 4.98 Å². The van der Waals surface area contributed by atoms with E-state index >= 15 is 0 Å². The Bertz CT molecular complexity index is 2220. The number of carbonyl (C=O) groups is 3. The number of benzene rings is 5. The van der Waals surface area contributed by atoms with Gasteiger partial charge in [0.05, 0.1) is 11.4 Å². The quantitative estimate of drug-likeness (QED) is 0.175. The van der Waals surface area contributed by atoms with Gasteiger partial charge in [-0.05, 0) is 65.6 Å². The van der Waals surface area contributed by atoms with Crippen molar-refractivity contribution in [1.29, 1.82) is 0 Å². The van der Waals surface area contributed by atoms with Crippen molar-refractivity contribution in [3.05, 3.63) is 161 Å². The summed E-state index contributed by atoms with van der Waals surface area (Å²) >= 11 is 0. The molecular weight excluding hydrogens is 622 g/mol. The number of anilines is 2. The number of aryl methyl sites for hydroxylation is 1. The van der Waals surface area contributed by atoms with Gasteiger partial charge in [0.1, 0.15) is 5.82 Å². The Hall–Kier alpha value is -6.28. The molecule has 50 heavy (non-hydrogen) atoms. The summed E-state index contributed by atoms with van der Waals surface area (Å²) in [7, 11) is 0. The van der Waals surface area contributed by atoms with Crippen molar-refractivity contribution < 1.29 is 14.4 Å². The smallest absolute Gasteiger partial charge is 0.258 e. The minimum Gasteiger partial charge on any atom is -0.345 e. The molecular formula is C42H35N5O3. The van der Waals surface area contributed by atoms with Crippen LogP contribution in [0.4, 0.5) is 11.4 Å². The summed E-state index contributed by atoms with van der Waals surface area (Å²) in [6, 6.07) is 40.1. The molecule has 6 aromatic rings. The van der Waals surface area contributed by atoms with Crippen LogP contribution in [0.1, 0.15) is 54.6 Å². The number of amides is 3. The van der Waals surface area contributed by atoms with E-state index in [1.807, 2.05) is 113 Å². The molecule has 2 aliphatic rings. The predicted molar refractivity (Wildman–Crippen MR) is 195 cm³/mol. The third-order valence-electron chi connectivity index (χ3n) is 9.49. The van der Waals surface area contributed by atoms with E-state index in [0.717, 1.165) is 63.6 Å². The maximum atomic E-state index is 14.0. The molecule has 0 atom stereocenters. The second-order valence-electron chi connectivity index (χ2n) is 12.7. The minimum atomic E-state index is -0.215. The van der Waals surface area contributed by atoms with Crippen molar-refractivity contribution in [2.75, 3.05) is 23.3 Å². The second kappa shape index (κ2) is 13.3. The molecule has 0 unspecified atom stereocenters. The van der Waals surface area contributed by atoms with Crippen molar-refractivity contribution in [1.82, 2.24) is 14.9 Å². The first-order valence-electron chi connectivity index (χ1n) is 17.0. The topological polar surface area (TPSA) is 98.4 Å². The number of carbonyl (C=O) groups excluding carboxylic acids is 3. The summed E-state index contributed by atoms with van der Waals surface area (Å²) < 4.78 is 0. The monoisotopic (exact) mass is 657 g/mol. The molecule has 8 heteroatoms. The number of para-hydroxylation sites is 1. The minimum absolute atomic E-state index is 0.0958. The van der Waals surface area contributed by atoms with Gasteiger partial charge in [-0.2, -0.15) is 0 Å². The number of H-pyrrole nitrogens is 1. The molecule has 8 nitrogen and oxygen atoms in total. The van der Waals surface area contributed by atoms with Gasteiger partial charge in [0.2, 0.25) is 0 Å². The lowest BCUT2D eigenvalue weighted by molar-refractivity contribution is 0.0776. The van der Waals surface area contributed by atoms with Crippen molar-refractivity contribution in [2.45, 2.75) is 25.8 Å². The van der Waals surface area contributed by atoms with E-state index in [1.54, 1.807) is 24.3 Å². The zero-order valence-electron chi connectivity index (χ0n) is 27.4. The van der Waals surface area contributed by atoms with Crippen LogP contribution in [-0.4, -0.2) is 45.7 Å². The Morgan fingerprint density at radius 2 is 1.46 bits per heavy atom. The number of aromatic amines is 1. The standard InChI is InChI=1S/C42H35N5O3/c48-40(34-16-7-6-14-32(34)28-11-2-1-3-12-28)43-31-22-20-29(21-23-31)41(49)47-26-24-36-39(35-17-8-9-18-37(35)47)45-38(44-36)19-10-25-46-27-30-13-4-5-15-33(30)42(46)50/h1-9,11-18,20-23H,10,19,24-27H2,(H,43,48)(H,44,45). The fourth-order valence-electron chi connectivity index (χ4n) is 6.98. The molecule has 1 aromatic heterocycles. The molecule has 3 amide bonds. The molecule has 2 N–H and O–H groups in total.